The van der Waals surface area contributed by atoms with E-state index >= 15 is 0 Å². The van der Waals surface area contributed by atoms with Crippen molar-refractivity contribution in [3.05, 3.63) is 88.7 Å². The molecule has 18 heteroatoms. The molecule has 0 aliphatic rings. The summed E-state index contributed by atoms with van der Waals surface area (Å²) in [6, 6.07) is 10.7. The van der Waals surface area contributed by atoms with E-state index in [0.29, 0.717) is 40.0 Å². The molecule has 0 saturated heterocycles. The first-order valence-electron chi connectivity index (χ1n) is 15.5. The lowest BCUT2D eigenvalue weighted by molar-refractivity contribution is 0.0992. The molecule has 4 aromatic heterocycles. The number of aryl methyl sites for hydroxylation is 2. The minimum absolute atomic E-state index is 0.0285. The first-order chi connectivity index (χ1) is 24.5. The van der Waals surface area contributed by atoms with Crippen LogP contribution in [0.15, 0.2) is 63.7 Å². The maximum absolute atomic E-state index is 13.1. The molecule has 7 N–H and O–H groups in total. The van der Waals surface area contributed by atoms with E-state index in [1.165, 1.54) is 30.3 Å². The summed E-state index contributed by atoms with van der Waals surface area (Å²) < 4.78 is 19.4. The predicted molar refractivity (Wildman–Crippen MR) is 181 cm³/mol. The van der Waals surface area contributed by atoms with E-state index in [-0.39, 0.29) is 66.5 Å². The average Bonchev–Trinajstić information content (AvgIpc) is 3.88. The van der Waals surface area contributed by atoms with Crippen molar-refractivity contribution in [2.24, 2.45) is 11.5 Å². The molecule has 0 unspecified atom stereocenters. The monoisotopic (exact) mass is 696 g/mol. The summed E-state index contributed by atoms with van der Waals surface area (Å²) >= 11 is 0. The van der Waals surface area contributed by atoms with Crippen LogP contribution in [0.25, 0.3) is 22.1 Å². The Morgan fingerprint density at radius 1 is 0.804 bits per heavy atom. The maximum atomic E-state index is 13.1. The van der Waals surface area contributed by atoms with Crippen LogP contribution in [0.5, 0.6) is 5.75 Å². The zero-order chi connectivity index (χ0) is 36.2. The molecule has 2 aromatic carbocycles. The van der Waals surface area contributed by atoms with E-state index in [0.717, 1.165) is 0 Å². The molecule has 4 amide bonds. The second-order valence-corrected chi connectivity index (χ2v) is 11.3. The molecule has 6 rings (SSSR count). The number of rotatable bonds is 14. The number of imidazole rings is 2. The Morgan fingerprint density at radius 2 is 1.37 bits per heavy atom. The summed E-state index contributed by atoms with van der Waals surface area (Å²) in [7, 11) is 0. The highest BCUT2D eigenvalue weighted by atomic mass is 16.5. The number of hydrogen-bond donors (Lipinski definition) is 5. The zero-order valence-corrected chi connectivity index (χ0v) is 27.4. The first-order valence-corrected chi connectivity index (χ1v) is 15.5. The molecule has 51 heavy (non-hydrogen) atoms. The molecule has 0 aliphatic carbocycles. The molecule has 0 bridgehead atoms. The van der Waals surface area contributed by atoms with Crippen molar-refractivity contribution in [2.45, 2.75) is 33.4 Å². The van der Waals surface area contributed by atoms with Gasteiger partial charge < -0.3 is 39.5 Å². The Bertz CT molecular complexity index is 2330. The Hall–Kier alpha value is -6.82. The van der Waals surface area contributed by atoms with Gasteiger partial charge in [0, 0.05) is 49.4 Å². The molecule has 0 atom stereocenters. The van der Waals surface area contributed by atoms with Crippen molar-refractivity contribution >= 4 is 57.6 Å². The van der Waals surface area contributed by atoms with E-state index < -0.39 is 23.6 Å². The molecule has 0 spiro atoms. The van der Waals surface area contributed by atoms with Gasteiger partial charge in [-0.15, -0.1) is 0 Å². The van der Waals surface area contributed by atoms with Gasteiger partial charge >= 0.3 is 0 Å². The molecule has 0 radical (unpaired) electrons. The second kappa shape index (κ2) is 14.3. The van der Waals surface area contributed by atoms with Crippen LogP contribution in [0.2, 0.25) is 0 Å². The number of aromatic nitrogens is 6. The first kappa shape index (κ1) is 34.1. The van der Waals surface area contributed by atoms with Gasteiger partial charge in [-0.2, -0.15) is 0 Å². The normalized spacial score (nSPS) is 11.4. The number of hydrogen-bond acceptors (Lipinski definition) is 12. The SMILES string of the molecule is Cc1cc(C(=O)Nc2nc3cc(C(N)=O)ccc3n2CC=CCn2c(NC(=O)c3cc(C)on3)nc3cc(C(N)=O)cc(OCCCO)c32)no1. The van der Waals surface area contributed by atoms with Crippen LogP contribution in [-0.4, -0.2) is 71.4 Å². The summed E-state index contributed by atoms with van der Waals surface area (Å²) in [5.74, 6) is -1.06. The lowest BCUT2D eigenvalue weighted by atomic mass is 10.1. The standard InChI is InChI=1S/C33H32N10O8/c1-17-12-23(40-50-17)30(47)38-32-36-21-14-19(28(34)45)6-7-25(21)42(32)8-3-4-9-43-27-22(15-20(29(35)46)16-26(27)49-11-5-10-44)37-33(43)39-31(48)24-13-18(2)51-41-24/h3-4,6-7,12-16,44H,5,8-11H2,1-2H3,(H2,34,45)(H2,35,46)(H,36,38,47)(H,37,39,48). The van der Waals surface area contributed by atoms with Crippen molar-refractivity contribution in [2.75, 3.05) is 23.8 Å². The number of nitrogens with two attached hydrogens (primary N) is 2. The fraction of sp³-hybridized carbons (Fsp3) is 0.212. The van der Waals surface area contributed by atoms with Gasteiger partial charge in [-0.1, -0.05) is 22.5 Å². The van der Waals surface area contributed by atoms with Crippen LogP contribution in [0, 0.1) is 13.8 Å². The van der Waals surface area contributed by atoms with Crippen LogP contribution >= 0.6 is 0 Å². The topological polar surface area (TPSA) is 262 Å². The van der Waals surface area contributed by atoms with Crippen LogP contribution in [0.4, 0.5) is 11.9 Å². The third kappa shape index (κ3) is 7.30. The molecular formula is C33H32N10O8. The number of aliphatic hydroxyl groups is 1. The van der Waals surface area contributed by atoms with Gasteiger partial charge in [-0.25, -0.2) is 9.97 Å². The van der Waals surface area contributed by atoms with Gasteiger partial charge in [0.25, 0.3) is 11.8 Å². The number of anilines is 2. The second-order valence-electron chi connectivity index (χ2n) is 11.3. The molecule has 6 aromatic rings. The van der Waals surface area contributed by atoms with Gasteiger partial charge in [0.15, 0.2) is 11.4 Å². The van der Waals surface area contributed by atoms with E-state index in [2.05, 4.69) is 30.9 Å². The van der Waals surface area contributed by atoms with Crippen LogP contribution < -0.4 is 26.8 Å². The summed E-state index contributed by atoms with van der Waals surface area (Å²) in [6.45, 7) is 3.64. The number of primary amides is 2. The number of nitrogens with zero attached hydrogens (tertiary/aromatic N) is 6. The lowest BCUT2D eigenvalue weighted by Gasteiger charge is -2.12. The molecule has 0 fully saturated rings. The number of ether oxygens (including phenoxy) is 1. The molecular weight excluding hydrogens is 664 g/mol. The molecule has 18 nitrogen and oxygen atoms in total. The van der Waals surface area contributed by atoms with Crippen molar-refractivity contribution in [1.82, 2.24) is 29.4 Å². The highest BCUT2D eigenvalue weighted by Gasteiger charge is 2.22. The van der Waals surface area contributed by atoms with E-state index in [1.54, 1.807) is 47.3 Å². The number of fused-ring (bicyclic) bond motifs is 2. The Labute approximate surface area is 288 Å². The van der Waals surface area contributed by atoms with Crippen molar-refractivity contribution in [3.8, 4) is 5.75 Å². The smallest absolute Gasteiger partial charge is 0.280 e. The number of allylic oxidation sites excluding steroid dienone is 2. The van der Waals surface area contributed by atoms with Crippen LogP contribution in [0.1, 0.15) is 59.6 Å². The van der Waals surface area contributed by atoms with Gasteiger partial charge in [-0.3, -0.25) is 29.8 Å². The number of nitrogens with one attached hydrogen (secondary N) is 2. The van der Waals surface area contributed by atoms with Crippen molar-refractivity contribution in [3.63, 3.8) is 0 Å². The third-order valence-electron chi connectivity index (χ3n) is 7.60. The summed E-state index contributed by atoms with van der Waals surface area (Å²) in [5, 5.41) is 22.3. The zero-order valence-electron chi connectivity index (χ0n) is 27.4. The number of carbonyl (C=O) groups is 4. The third-order valence-corrected chi connectivity index (χ3v) is 7.60. The van der Waals surface area contributed by atoms with Gasteiger partial charge in [0.1, 0.15) is 22.8 Å². The molecule has 262 valence electrons. The van der Waals surface area contributed by atoms with Gasteiger partial charge in [0.2, 0.25) is 23.7 Å². The molecule has 0 saturated carbocycles. The summed E-state index contributed by atoms with van der Waals surface area (Å²) in [5.41, 5.74) is 13.3. The van der Waals surface area contributed by atoms with Gasteiger partial charge in [-0.05, 0) is 44.2 Å². The fourth-order valence-electron chi connectivity index (χ4n) is 5.20. The quantitative estimate of drug-likeness (QED) is 0.0813. The van der Waals surface area contributed by atoms with Crippen molar-refractivity contribution < 1.29 is 38.1 Å². The number of aliphatic hydroxyl groups excluding tert-OH is 1. The summed E-state index contributed by atoms with van der Waals surface area (Å²) in [6.07, 6.45) is 3.90. The van der Waals surface area contributed by atoms with Gasteiger partial charge in [0.05, 0.1) is 23.2 Å². The molecule has 0 aliphatic heterocycles. The minimum atomic E-state index is -0.709. The van der Waals surface area contributed by atoms with Crippen molar-refractivity contribution in [1.29, 1.82) is 0 Å². The highest BCUT2D eigenvalue weighted by Crippen LogP contribution is 2.31. The summed E-state index contributed by atoms with van der Waals surface area (Å²) in [4.78, 5) is 59.2. The maximum Gasteiger partial charge on any atom is 0.280 e. The minimum Gasteiger partial charge on any atom is -0.491 e. The number of benzene rings is 2. The number of carbonyl (C=O) groups excluding carboxylic acids is 4. The van der Waals surface area contributed by atoms with E-state index in [4.69, 9.17) is 25.3 Å². The van der Waals surface area contributed by atoms with Crippen LogP contribution in [0.3, 0.4) is 0 Å². The lowest BCUT2D eigenvalue weighted by Crippen LogP contribution is -2.17. The average molecular weight is 697 g/mol. The Morgan fingerprint density at radius 3 is 1.94 bits per heavy atom. The van der Waals surface area contributed by atoms with Crippen LogP contribution in [-0.2, 0) is 13.1 Å². The molecule has 4 heterocycles. The highest BCUT2D eigenvalue weighted by molar-refractivity contribution is 6.04. The predicted octanol–water partition coefficient (Wildman–Crippen LogP) is 2.70. The fourth-order valence-corrected chi connectivity index (χ4v) is 5.20. The van der Waals surface area contributed by atoms with E-state index in [1.807, 2.05) is 0 Å². The largest absolute Gasteiger partial charge is 0.491 e. The number of amides is 4. The van der Waals surface area contributed by atoms with E-state index in [9.17, 15) is 24.3 Å². The Kier molecular flexibility index (Phi) is 9.58. The Balaban J connectivity index is 1.36.